The Balaban J connectivity index is 1.56. The third-order valence-electron chi connectivity index (χ3n) is 7.65. The molecule has 0 saturated carbocycles. The summed E-state index contributed by atoms with van der Waals surface area (Å²) in [5.74, 6) is -0.600. The van der Waals surface area contributed by atoms with Gasteiger partial charge in [-0.25, -0.2) is 14.5 Å². The molecule has 0 unspecified atom stereocenters. The van der Waals surface area contributed by atoms with Crippen LogP contribution in [0.15, 0.2) is 100 Å². The SMILES string of the molecule is CCOC(=O)C1=C(C)N=c2s/c(=C\c3cn(-c4ccccc4)nc3-c3ccc(C)cc3)c(=O)n2[C@H]1c1ccc(OC(C)=O)c(OC)c1. The van der Waals surface area contributed by atoms with E-state index < -0.39 is 18.0 Å². The maximum atomic E-state index is 14.4. The van der Waals surface area contributed by atoms with Gasteiger partial charge in [-0.3, -0.25) is 14.2 Å². The molecule has 6 rings (SSSR count). The number of benzene rings is 3. The van der Waals surface area contributed by atoms with Gasteiger partial charge in [0.25, 0.3) is 5.56 Å². The van der Waals surface area contributed by atoms with Crippen molar-refractivity contribution >= 4 is 29.4 Å². The van der Waals surface area contributed by atoms with Gasteiger partial charge in [0.1, 0.15) is 0 Å². The molecule has 0 radical (unpaired) electrons. The van der Waals surface area contributed by atoms with Crippen LogP contribution in [0.2, 0.25) is 0 Å². The number of thiazole rings is 1. The Kier molecular flexibility index (Phi) is 8.73. The molecule has 3 aromatic carbocycles. The van der Waals surface area contributed by atoms with Gasteiger partial charge in [0.2, 0.25) is 0 Å². The lowest BCUT2D eigenvalue weighted by atomic mass is 9.95. The molecule has 11 heteroatoms. The number of ether oxygens (including phenoxy) is 3. The van der Waals surface area contributed by atoms with Crippen molar-refractivity contribution in [2.45, 2.75) is 33.7 Å². The normalized spacial score (nSPS) is 14.4. The highest BCUT2D eigenvalue weighted by Crippen LogP contribution is 2.36. The van der Waals surface area contributed by atoms with Crippen molar-refractivity contribution in [1.82, 2.24) is 14.3 Å². The van der Waals surface area contributed by atoms with Crippen LogP contribution >= 0.6 is 11.3 Å². The summed E-state index contributed by atoms with van der Waals surface area (Å²) >= 11 is 1.22. The second-order valence-electron chi connectivity index (χ2n) is 10.9. The number of methoxy groups -OCH3 is 1. The monoisotopic (exact) mass is 648 g/mol. The van der Waals surface area contributed by atoms with Crippen LogP contribution in [0.1, 0.15) is 43.5 Å². The molecule has 0 N–H and O–H groups in total. The van der Waals surface area contributed by atoms with E-state index in [9.17, 15) is 14.4 Å². The number of aromatic nitrogens is 3. The van der Waals surface area contributed by atoms with Crippen molar-refractivity contribution in [1.29, 1.82) is 0 Å². The number of hydrogen-bond donors (Lipinski definition) is 0. The second kappa shape index (κ2) is 13.1. The molecule has 5 aromatic rings. The standard InChI is InChI=1S/C36H32N4O6S/c1-6-45-35(43)31-22(3)37-36-40(33(31)25-16-17-28(46-23(4)41)29(18-25)44-5)34(42)30(47-36)19-26-20-39(27-10-8-7-9-11-27)38-32(26)24-14-12-21(2)13-15-24/h7-20,33H,6H2,1-5H3/b30-19-/t33-/m0/s1. The van der Waals surface area contributed by atoms with Gasteiger partial charge in [-0.05, 0) is 56.7 Å². The molecule has 1 aliphatic rings. The summed E-state index contributed by atoms with van der Waals surface area (Å²) in [5.41, 5.74) is 5.24. The molecule has 0 spiro atoms. The predicted octanol–water partition coefficient (Wildman–Crippen LogP) is 4.89. The summed E-state index contributed by atoms with van der Waals surface area (Å²) in [4.78, 5) is 44.5. The molecule has 0 aliphatic carbocycles. The minimum Gasteiger partial charge on any atom is -0.493 e. The van der Waals surface area contributed by atoms with Gasteiger partial charge in [-0.2, -0.15) is 5.10 Å². The van der Waals surface area contributed by atoms with E-state index in [0.717, 1.165) is 22.4 Å². The van der Waals surface area contributed by atoms with E-state index in [-0.39, 0.29) is 29.2 Å². The number of allylic oxidation sites excluding steroid dienone is 1. The van der Waals surface area contributed by atoms with E-state index >= 15 is 0 Å². The van der Waals surface area contributed by atoms with Crippen LogP contribution in [-0.4, -0.2) is 40.0 Å². The molecule has 3 heterocycles. The summed E-state index contributed by atoms with van der Waals surface area (Å²) in [7, 11) is 1.45. The molecule has 10 nitrogen and oxygen atoms in total. The lowest BCUT2D eigenvalue weighted by molar-refractivity contribution is -0.139. The van der Waals surface area contributed by atoms with E-state index in [2.05, 4.69) is 0 Å². The molecular weight excluding hydrogens is 616 g/mol. The van der Waals surface area contributed by atoms with Crippen LogP contribution in [0, 0.1) is 6.92 Å². The largest absolute Gasteiger partial charge is 0.493 e. The fraction of sp³-hybridized carbons (Fsp3) is 0.194. The molecule has 2 aromatic heterocycles. The summed E-state index contributed by atoms with van der Waals surface area (Å²) in [6.07, 6.45) is 3.71. The van der Waals surface area contributed by atoms with Crippen LogP contribution in [0.5, 0.6) is 11.5 Å². The summed E-state index contributed by atoms with van der Waals surface area (Å²) in [6, 6.07) is 21.9. The number of nitrogens with zero attached hydrogens (tertiary/aromatic N) is 4. The molecule has 1 aliphatic heterocycles. The maximum absolute atomic E-state index is 14.4. The number of carbonyl (C=O) groups excluding carboxylic acids is 2. The zero-order valence-corrected chi connectivity index (χ0v) is 27.3. The van der Waals surface area contributed by atoms with Gasteiger partial charge < -0.3 is 14.2 Å². The minimum atomic E-state index is -0.878. The highest BCUT2D eigenvalue weighted by molar-refractivity contribution is 7.07. The fourth-order valence-electron chi connectivity index (χ4n) is 5.48. The van der Waals surface area contributed by atoms with Gasteiger partial charge >= 0.3 is 11.9 Å². The van der Waals surface area contributed by atoms with E-state index in [1.54, 1.807) is 36.7 Å². The molecule has 238 valence electrons. The molecule has 0 fully saturated rings. The summed E-state index contributed by atoms with van der Waals surface area (Å²) < 4.78 is 19.9. The van der Waals surface area contributed by atoms with Gasteiger partial charge in [0.05, 0.1) is 46.9 Å². The number of para-hydroxylation sites is 1. The van der Waals surface area contributed by atoms with Crippen LogP contribution in [0.25, 0.3) is 23.0 Å². The van der Waals surface area contributed by atoms with Crippen LogP contribution in [-0.2, 0) is 14.3 Å². The highest BCUT2D eigenvalue weighted by atomic mass is 32.1. The smallest absolute Gasteiger partial charge is 0.338 e. The number of carbonyl (C=O) groups is 2. The highest BCUT2D eigenvalue weighted by Gasteiger charge is 2.34. The Hall–Kier alpha value is -5.55. The van der Waals surface area contributed by atoms with Gasteiger partial charge in [0.15, 0.2) is 16.3 Å². The first-order valence-electron chi connectivity index (χ1n) is 15.0. The number of esters is 2. The first kappa shape index (κ1) is 31.4. The lowest BCUT2D eigenvalue weighted by Crippen LogP contribution is -2.40. The zero-order valence-electron chi connectivity index (χ0n) is 26.5. The fourth-order valence-corrected chi connectivity index (χ4v) is 6.52. The number of hydrogen-bond acceptors (Lipinski definition) is 9. The van der Waals surface area contributed by atoms with Crippen LogP contribution in [0.4, 0.5) is 0 Å². The third kappa shape index (κ3) is 6.17. The van der Waals surface area contributed by atoms with Gasteiger partial charge in [0, 0.05) is 24.2 Å². The van der Waals surface area contributed by atoms with Gasteiger partial charge in [-0.15, -0.1) is 0 Å². The average Bonchev–Trinajstić information content (AvgIpc) is 3.61. The third-order valence-corrected chi connectivity index (χ3v) is 8.63. The maximum Gasteiger partial charge on any atom is 0.338 e. The minimum absolute atomic E-state index is 0.147. The first-order valence-corrected chi connectivity index (χ1v) is 15.8. The molecule has 47 heavy (non-hydrogen) atoms. The number of aryl methyl sites for hydroxylation is 1. The van der Waals surface area contributed by atoms with E-state index in [1.165, 1.54) is 29.9 Å². The zero-order chi connectivity index (χ0) is 33.2. The number of rotatable bonds is 8. The Morgan fingerprint density at radius 2 is 1.74 bits per heavy atom. The lowest BCUT2D eigenvalue weighted by Gasteiger charge is -2.25. The van der Waals surface area contributed by atoms with Crippen molar-refractivity contribution < 1.29 is 23.8 Å². The van der Waals surface area contributed by atoms with E-state index in [0.29, 0.717) is 26.3 Å². The molecular formula is C36H32N4O6S. The van der Waals surface area contributed by atoms with Crippen molar-refractivity contribution in [3.05, 3.63) is 127 Å². The average molecular weight is 649 g/mol. The molecule has 0 bridgehead atoms. The van der Waals surface area contributed by atoms with Crippen molar-refractivity contribution in [2.75, 3.05) is 13.7 Å². The number of fused-ring (bicyclic) bond motifs is 1. The molecule has 0 saturated heterocycles. The predicted molar refractivity (Wildman–Crippen MR) is 178 cm³/mol. The Labute approximate surface area is 274 Å². The van der Waals surface area contributed by atoms with Gasteiger partial charge in [-0.1, -0.05) is 65.4 Å². The van der Waals surface area contributed by atoms with Crippen molar-refractivity contribution in [2.24, 2.45) is 4.99 Å². The summed E-state index contributed by atoms with van der Waals surface area (Å²) in [6.45, 7) is 6.91. The van der Waals surface area contributed by atoms with Crippen LogP contribution < -0.4 is 24.4 Å². The first-order chi connectivity index (χ1) is 22.7. The van der Waals surface area contributed by atoms with Crippen molar-refractivity contribution in [3.63, 3.8) is 0 Å². The topological polar surface area (TPSA) is 114 Å². The quantitative estimate of drug-likeness (QED) is 0.174. The Bertz CT molecular complexity index is 2210. The Morgan fingerprint density at radius 3 is 2.43 bits per heavy atom. The van der Waals surface area contributed by atoms with Crippen molar-refractivity contribution in [3.8, 4) is 28.4 Å². The molecule has 1 atom stereocenters. The van der Waals surface area contributed by atoms with E-state index in [1.807, 2.05) is 73.8 Å². The Morgan fingerprint density at radius 1 is 1.00 bits per heavy atom. The second-order valence-corrected chi connectivity index (χ2v) is 11.9. The van der Waals surface area contributed by atoms with E-state index in [4.69, 9.17) is 24.3 Å². The molecule has 0 amide bonds. The summed E-state index contributed by atoms with van der Waals surface area (Å²) in [5, 5.41) is 4.90. The van der Waals surface area contributed by atoms with Crippen LogP contribution in [0.3, 0.4) is 0 Å².